The van der Waals surface area contributed by atoms with E-state index in [1.54, 1.807) is 34.7 Å². The lowest BCUT2D eigenvalue weighted by Crippen LogP contribution is -2.46. The Morgan fingerprint density at radius 1 is 1.07 bits per heavy atom. The van der Waals surface area contributed by atoms with Crippen LogP contribution in [0.4, 0.5) is 0 Å². The molecule has 1 aromatic heterocycles. The number of likely N-dealkylation sites (tertiary alicyclic amines) is 1. The summed E-state index contributed by atoms with van der Waals surface area (Å²) in [6.07, 6.45) is 2.95. The van der Waals surface area contributed by atoms with E-state index in [0.29, 0.717) is 48.9 Å². The molecule has 11 heteroatoms. The molecule has 3 heterocycles. The number of thiazole rings is 1. The van der Waals surface area contributed by atoms with Crippen molar-refractivity contribution in [2.45, 2.75) is 70.1 Å². The van der Waals surface area contributed by atoms with E-state index >= 15 is 0 Å². The number of rotatable bonds is 10. The SMILES string of the molecule is Cc1scnc1C(=O)N[C@@H](C)[C@H](Oc1ccc(C(=O)O[C@H]2CCCN(C(=O)[C@H]3COC(=O)C3)C2)cc1)c1ccc(C2CC2)cc1. The van der Waals surface area contributed by atoms with Crippen molar-refractivity contribution in [2.24, 2.45) is 5.92 Å². The number of benzene rings is 2. The van der Waals surface area contributed by atoms with Crippen molar-refractivity contribution in [1.82, 2.24) is 15.2 Å². The normalized spacial score (nSPS) is 21.0. The maximum absolute atomic E-state index is 13.0. The molecule has 0 unspecified atom stereocenters. The molecule has 0 bridgehead atoms. The number of aryl methyl sites for hydroxylation is 1. The number of hydrogen-bond acceptors (Lipinski definition) is 9. The maximum Gasteiger partial charge on any atom is 0.338 e. The molecule has 2 aromatic carbocycles. The summed E-state index contributed by atoms with van der Waals surface area (Å²) in [5.41, 5.74) is 4.67. The van der Waals surface area contributed by atoms with Crippen LogP contribution < -0.4 is 10.1 Å². The summed E-state index contributed by atoms with van der Waals surface area (Å²) in [5, 5.41) is 3.05. The van der Waals surface area contributed by atoms with Crippen molar-refractivity contribution in [3.05, 3.63) is 81.3 Å². The monoisotopic (exact) mass is 631 g/mol. The first-order valence-electron chi connectivity index (χ1n) is 15.5. The van der Waals surface area contributed by atoms with E-state index < -0.39 is 24.1 Å². The van der Waals surface area contributed by atoms with Gasteiger partial charge in [-0.05, 0) is 80.8 Å². The molecule has 10 nitrogen and oxygen atoms in total. The third kappa shape index (κ3) is 7.36. The number of nitrogens with one attached hydrogen (secondary N) is 1. The van der Waals surface area contributed by atoms with Crippen LogP contribution in [0.5, 0.6) is 5.75 Å². The molecule has 3 aromatic rings. The summed E-state index contributed by atoms with van der Waals surface area (Å²) >= 11 is 1.42. The summed E-state index contributed by atoms with van der Waals surface area (Å²) in [6.45, 7) is 4.74. The number of carbonyl (C=O) groups excluding carboxylic acids is 4. The number of cyclic esters (lactones) is 1. The van der Waals surface area contributed by atoms with Crippen LogP contribution in [-0.4, -0.2) is 65.5 Å². The molecule has 1 saturated carbocycles. The second-order valence-electron chi connectivity index (χ2n) is 12.1. The van der Waals surface area contributed by atoms with E-state index in [9.17, 15) is 19.2 Å². The quantitative estimate of drug-likeness (QED) is 0.311. The van der Waals surface area contributed by atoms with Gasteiger partial charge in [-0.15, -0.1) is 11.3 Å². The molecule has 4 atom stereocenters. The fourth-order valence-electron chi connectivity index (χ4n) is 5.91. The van der Waals surface area contributed by atoms with Gasteiger partial charge in [-0.2, -0.15) is 0 Å². The Hall–Kier alpha value is -4.25. The molecule has 3 fully saturated rings. The average Bonchev–Trinajstić information content (AvgIpc) is 3.66. The van der Waals surface area contributed by atoms with Gasteiger partial charge >= 0.3 is 11.9 Å². The molecule has 1 aliphatic carbocycles. The number of amides is 2. The maximum atomic E-state index is 13.0. The standard InChI is InChI=1S/C34H37N3O7S/c1-20(36-32(39)30-21(2)45-19-35-30)31(24-9-7-23(8-10-24)22-5-6-22)43-27-13-11-25(12-14-27)34(41)44-28-4-3-15-37(17-28)33(40)26-16-29(38)42-18-26/h7-14,19-20,22,26,28,31H,3-6,15-18H2,1-2H3,(H,36,39)/t20-,26+,28-,31-/m0/s1. The molecule has 45 heavy (non-hydrogen) atoms. The minimum Gasteiger partial charge on any atom is -0.484 e. The summed E-state index contributed by atoms with van der Waals surface area (Å²) in [4.78, 5) is 57.0. The van der Waals surface area contributed by atoms with Gasteiger partial charge in [0, 0.05) is 11.4 Å². The van der Waals surface area contributed by atoms with E-state index in [1.807, 2.05) is 13.8 Å². The predicted molar refractivity (Wildman–Crippen MR) is 166 cm³/mol. The van der Waals surface area contributed by atoms with Crippen LogP contribution in [-0.2, 0) is 19.1 Å². The lowest BCUT2D eigenvalue weighted by Gasteiger charge is -2.33. The Morgan fingerprint density at radius 2 is 1.82 bits per heavy atom. The zero-order valence-electron chi connectivity index (χ0n) is 25.4. The summed E-state index contributed by atoms with van der Waals surface area (Å²) < 4.78 is 17.2. The molecule has 0 radical (unpaired) electrons. The fourth-order valence-corrected chi connectivity index (χ4v) is 6.48. The largest absolute Gasteiger partial charge is 0.484 e. The van der Waals surface area contributed by atoms with Crippen molar-refractivity contribution in [2.75, 3.05) is 19.7 Å². The van der Waals surface area contributed by atoms with Gasteiger partial charge < -0.3 is 24.4 Å². The van der Waals surface area contributed by atoms with Crippen LogP contribution in [0.2, 0.25) is 0 Å². The minimum atomic E-state index is -0.495. The first-order chi connectivity index (χ1) is 21.7. The number of esters is 2. The first-order valence-corrected chi connectivity index (χ1v) is 16.4. The van der Waals surface area contributed by atoms with Crippen molar-refractivity contribution >= 4 is 35.1 Å². The number of hydrogen-bond donors (Lipinski definition) is 1. The highest BCUT2D eigenvalue weighted by atomic mass is 32.1. The smallest absolute Gasteiger partial charge is 0.338 e. The molecule has 2 saturated heterocycles. The van der Waals surface area contributed by atoms with Gasteiger partial charge in [0.2, 0.25) is 5.91 Å². The number of carbonyl (C=O) groups is 4. The highest BCUT2D eigenvalue weighted by Gasteiger charge is 2.36. The molecule has 2 aliphatic heterocycles. The molecular weight excluding hydrogens is 594 g/mol. The van der Waals surface area contributed by atoms with E-state index in [-0.39, 0.29) is 36.9 Å². The third-order valence-corrected chi connectivity index (χ3v) is 9.37. The molecule has 2 amide bonds. The van der Waals surface area contributed by atoms with Crippen molar-refractivity contribution < 1.29 is 33.4 Å². The molecule has 0 spiro atoms. The molecule has 1 N–H and O–H groups in total. The molecule has 6 rings (SSSR count). The first kappa shape index (κ1) is 30.8. The number of piperidine rings is 1. The Bertz CT molecular complexity index is 1550. The zero-order chi connectivity index (χ0) is 31.5. The van der Waals surface area contributed by atoms with Crippen molar-refractivity contribution in [3.8, 4) is 5.75 Å². The van der Waals surface area contributed by atoms with E-state index in [4.69, 9.17) is 14.2 Å². The molecule has 3 aliphatic rings. The Labute approximate surface area is 266 Å². The average molecular weight is 632 g/mol. The van der Waals surface area contributed by atoms with Gasteiger partial charge in [-0.1, -0.05) is 24.3 Å². The summed E-state index contributed by atoms with van der Waals surface area (Å²) in [6, 6.07) is 14.7. The highest BCUT2D eigenvalue weighted by Crippen LogP contribution is 2.40. The van der Waals surface area contributed by atoms with E-state index in [1.165, 1.54) is 29.7 Å². The van der Waals surface area contributed by atoms with Gasteiger partial charge in [0.25, 0.3) is 5.91 Å². The van der Waals surface area contributed by atoms with Crippen molar-refractivity contribution in [3.63, 3.8) is 0 Å². The van der Waals surface area contributed by atoms with Crippen LogP contribution in [0.15, 0.2) is 54.0 Å². The van der Waals surface area contributed by atoms with Crippen LogP contribution in [0.1, 0.15) is 87.9 Å². The number of ether oxygens (including phenoxy) is 3. The highest BCUT2D eigenvalue weighted by molar-refractivity contribution is 7.09. The van der Waals surface area contributed by atoms with Gasteiger partial charge in [0.15, 0.2) is 0 Å². The second-order valence-corrected chi connectivity index (χ2v) is 13.1. The fraction of sp³-hybridized carbons (Fsp3) is 0.441. The minimum absolute atomic E-state index is 0.0947. The molecule has 236 valence electrons. The summed E-state index contributed by atoms with van der Waals surface area (Å²) in [7, 11) is 0. The van der Waals surface area contributed by atoms with Crippen LogP contribution in [0, 0.1) is 12.8 Å². The lowest BCUT2D eigenvalue weighted by molar-refractivity contribution is -0.139. The second kappa shape index (κ2) is 13.4. The third-order valence-electron chi connectivity index (χ3n) is 8.61. The Balaban J connectivity index is 1.10. The van der Waals surface area contributed by atoms with Gasteiger partial charge in [0.05, 0.1) is 36.0 Å². The number of aromatic nitrogens is 1. The van der Waals surface area contributed by atoms with Gasteiger partial charge in [-0.3, -0.25) is 14.4 Å². The van der Waals surface area contributed by atoms with Gasteiger partial charge in [0.1, 0.15) is 30.3 Å². The predicted octanol–water partition coefficient (Wildman–Crippen LogP) is 4.98. The van der Waals surface area contributed by atoms with Crippen LogP contribution in [0.3, 0.4) is 0 Å². The van der Waals surface area contributed by atoms with E-state index in [0.717, 1.165) is 10.4 Å². The molecular formula is C34H37N3O7S. The lowest BCUT2D eigenvalue weighted by atomic mass is 10.00. The Morgan fingerprint density at radius 3 is 2.47 bits per heavy atom. The number of nitrogens with zero attached hydrogens (tertiary/aromatic N) is 2. The van der Waals surface area contributed by atoms with Gasteiger partial charge in [-0.25, -0.2) is 9.78 Å². The topological polar surface area (TPSA) is 124 Å². The van der Waals surface area contributed by atoms with Crippen LogP contribution >= 0.6 is 11.3 Å². The van der Waals surface area contributed by atoms with Crippen molar-refractivity contribution in [1.29, 1.82) is 0 Å². The summed E-state index contributed by atoms with van der Waals surface area (Å²) in [5.74, 6) is -0.526. The Kier molecular flexibility index (Phi) is 9.16. The van der Waals surface area contributed by atoms with Crippen LogP contribution in [0.25, 0.3) is 0 Å². The van der Waals surface area contributed by atoms with E-state index in [2.05, 4.69) is 34.6 Å². The zero-order valence-corrected chi connectivity index (χ0v) is 26.2.